The maximum absolute atomic E-state index is 12.2. The van der Waals surface area contributed by atoms with E-state index in [1.165, 1.54) is 54.5 Å². The molecule has 3 nitrogen and oxygen atoms in total. The van der Waals surface area contributed by atoms with E-state index < -0.39 is 0 Å². The highest BCUT2D eigenvalue weighted by atomic mass is 32.2. The zero-order valence-corrected chi connectivity index (χ0v) is 16.8. The van der Waals surface area contributed by atoms with E-state index in [0.717, 1.165) is 18.2 Å². The Labute approximate surface area is 160 Å². The highest BCUT2D eigenvalue weighted by Crippen LogP contribution is 2.27. The minimum Gasteiger partial charge on any atom is -0.326 e. The van der Waals surface area contributed by atoms with Gasteiger partial charge in [0.05, 0.1) is 0 Å². The monoisotopic (exact) mass is 378 g/mol. The summed E-state index contributed by atoms with van der Waals surface area (Å²) in [5.41, 5.74) is 2.10. The number of aryl methyl sites for hydroxylation is 1. The number of nitrogens with one attached hydrogen (secondary N) is 1. The van der Waals surface area contributed by atoms with Gasteiger partial charge in [-0.3, -0.25) is 9.69 Å². The third-order valence-corrected chi connectivity index (χ3v) is 7.72. The van der Waals surface area contributed by atoms with Crippen molar-refractivity contribution >= 4 is 35.1 Å². The molecule has 0 aromatic heterocycles. The van der Waals surface area contributed by atoms with E-state index in [9.17, 15) is 4.79 Å². The summed E-state index contributed by atoms with van der Waals surface area (Å²) in [5.74, 6) is 6.10. The van der Waals surface area contributed by atoms with Gasteiger partial charge in [0.15, 0.2) is 0 Å². The van der Waals surface area contributed by atoms with Crippen LogP contribution in [0.1, 0.15) is 31.2 Å². The molecule has 1 aromatic rings. The predicted molar refractivity (Wildman–Crippen MR) is 112 cm³/mol. The fourth-order valence-electron chi connectivity index (χ4n) is 3.70. The van der Waals surface area contributed by atoms with Crippen LogP contribution in [0, 0.1) is 12.8 Å². The number of likely N-dealkylation sites (tertiary alicyclic amines) is 1. The van der Waals surface area contributed by atoms with Gasteiger partial charge >= 0.3 is 0 Å². The number of amides is 1. The van der Waals surface area contributed by atoms with Crippen LogP contribution in [0.5, 0.6) is 0 Å². The number of hydrogen-bond acceptors (Lipinski definition) is 4. The molecule has 3 rings (SSSR count). The lowest BCUT2D eigenvalue weighted by Gasteiger charge is -2.37. The van der Waals surface area contributed by atoms with E-state index in [2.05, 4.69) is 46.7 Å². The third kappa shape index (κ3) is 6.22. The van der Waals surface area contributed by atoms with Crippen molar-refractivity contribution in [2.75, 3.05) is 41.4 Å². The highest BCUT2D eigenvalue weighted by Gasteiger charge is 2.26. The molecular weight excluding hydrogens is 348 g/mol. The molecule has 0 unspecified atom stereocenters. The second-order valence-electron chi connectivity index (χ2n) is 7.24. The van der Waals surface area contributed by atoms with Crippen molar-refractivity contribution in [1.82, 2.24) is 4.90 Å². The van der Waals surface area contributed by atoms with Crippen molar-refractivity contribution in [3.05, 3.63) is 29.8 Å². The van der Waals surface area contributed by atoms with Gasteiger partial charge in [-0.05, 0) is 62.9 Å². The molecule has 0 spiro atoms. The van der Waals surface area contributed by atoms with Gasteiger partial charge in [0.2, 0.25) is 5.91 Å². The van der Waals surface area contributed by atoms with Gasteiger partial charge in [-0.1, -0.05) is 12.1 Å². The van der Waals surface area contributed by atoms with Crippen molar-refractivity contribution in [1.29, 1.82) is 0 Å². The zero-order chi connectivity index (χ0) is 17.5. The Balaban J connectivity index is 1.36. The molecular formula is C20H30N2OS2. The fourth-order valence-corrected chi connectivity index (χ4v) is 6.33. The van der Waals surface area contributed by atoms with E-state index in [4.69, 9.17) is 0 Å². The van der Waals surface area contributed by atoms with Gasteiger partial charge in [-0.25, -0.2) is 0 Å². The number of hydrogen-bond donors (Lipinski definition) is 1. The van der Waals surface area contributed by atoms with Crippen molar-refractivity contribution in [2.45, 2.75) is 38.6 Å². The topological polar surface area (TPSA) is 32.3 Å². The SMILES string of the molecule is Cc1cccc(NC(=O)CCC2CCN(C3CSCCSC3)CC2)c1. The molecule has 0 saturated carbocycles. The Morgan fingerprint density at radius 2 is 1.92 bits per heavy atom. The van der Waals surface area contributed by atoms with Crippen LogP contribution in [0.3, 0.4) is 0 Å². The summed E-state index contributed by atoms with van der Waals surface area (Å²) in [7, 11) is 0. The maximum Gasteiger partial charge on any atom is 0.224 e. The maximum atomic E-state index is 12.2. The zero-order valence-electron chi connectivity index (χ0n) is 15.2. The number of carbonyl (C=O) groups is 1. The number of carbonyl (C=O) groups excluding carboxylic acids is 1. The summed E-state index contributed by atoms with van der Waals surface area (Å²) >= 11 is 4.24. The first-order valence-electron chi connectivity index (χ1n) is 9.47. The van der Waals surface area contributed by atoms with Gasteiger partial charge in [0, 0.05) is 41.2 Å². The fraction of sp³-hybridized carbons (Fsp3) is 0.650. The van der Waals surface area contributed by atoms with Gasteiger partial charge in [0.1, 0.15) is 0 Å². The molecule has 1 aromatic carbocycles. The molecule has 1 amide bonds. The van der Waals surface area contributed by atoms with Crippen molar-refractivity contribution in [3.63, 3.8) is 0 Å². The van der Waals surface area contributed by atoms with Crippen LogP contribution in [0.15, 0.2) is 24.3 Å². The van der Waals surface area contributed by atoms with Crippen LogP contribution >= 0.6 is 23.5 Å². The lowest BCUT2D eigenvalue weighted by atomic mass is 9.91. The van der Waals surface area contributed by atoms with Crippen molar-refractivity contribution in [3.8, 4) is 0 Å². The molecule has 2 aliphatic rings. The molecule has 0 aliphatic carbocycles. The van der Waals surface area contributed by atoms with Crippen LogP contribution in [0.2, 0.25) is 0 Å². The minimum atomic E-state index is 0.157. The largest absolute Gasteiger partial charge is 0.326 e. The quantitative estimate of drug-likeness (QED) is 0.829. The Hall–Kier alpha value is -0.650. The molecule has 0 bridgehead atoms. The summed E-state index contributed by atoms with van der Waals surface area (Å²) < 4.78 is 0. The van der Waals surface area contributed by atoms with Crippen molar-refractivity contribution < 1.29 is 4.79 Å². The molecule has 1 N–H and O–H groups in total. The summed E-state index contributed by atoms with van der Waals surface area (Å²) in [4.78, 5) is 14.9. The van der Waals surface area contributed by atoms with Crippen LogP contribution in [-0.2, 0) is 4.79 Å². The average molecular weight is 379 g/mol. The van der Waals surface area contributed by atoms with Gasteiger partial charge in [-0.15, -0.1) is 0 Å². The molecule has 138 valence electrons. The summed E-state index contributed by atoms with van der Waals surface area (Å²) in [5, 5.41) is 3.03. The molecule has 0 radical (unpaired) electrons. The smallest absolute Gasteiger partial charge is 0.224 e. The van der Waals surface area contributed by atoms with Crippen LogP contribution in [0.25, 0.3) is 0 Å². The van der Waals surface area contributed by atoms with Gasteiger partial charge in [-0.2, -0.15) is 23.5 Å². The first-order chi connectivity index (χ1) is 12.2. The average Bonchev–Trinajstić information content (AvgIpc) is 2.90. The van der Waals surface area contributed by atoms with Gasteiger partial charge in [0.25, 0.3) is 0 Å². The normalized spacial score (nSPS) is 21.0. The Kier molecular flexibility index (Phi) is 7.56. The molecule has 5 heteroatoms. The number of benzene rings is 1. The van der Waals surface area contributed by atoms with Crippen LogP contribution in [0.4, 0.5) is 5.69 Å². The molecule has 2 aliphatic heterocycles. The predicted octanol–water partition coefficient (Wildman–Crippen LogP) is 4.27. The standard InChI is InChI=1S/C20H30N2OS2/c1-16-3-2-4-18(13-16)21-20(23)6-5-17-7-9-22(10-8-17)19-14-24-11-12-25-15-19/h2-4,13,17,19H,5-12,14-15H2,1H3,(H,21,23). The number of piperidine rings is 1. The van der Waals surface area contributed by atoms with E-state index in [0.29, 0.717) is 12.3 Å². The Morgan fingerprint density at radius 3 is 2.60 bits per heavy atom. The second kappa shape index (κ2) is 9.89. The Morgan fingerprint density at radius 1 is 1.20 bits per heavy atom. The van der Waals surface area contributed by atoms with Crippen LogP contribution < -0.4 is 5.32 Å². The second-order valence-corrected chi connectivity index (χ2v) is 9.54. The van der Waals surface area contributed by atoms with E-state index in [-0.39, 0.29) is 5.91 Å². The van der Waals surface area contributed by atoms with E-state index >= 15 is 0 Å². The first kappa shape index (κ1) is 19.1. The Bertz CT molecular complexity index is 550. The molecule has 2 heterocycles. The third-order valence-electron chi connectivity index (χ3n) is 5.24. The highest BCUT2D eigenvalue weighted by molar-refractivity contribution is 8.03. The molecule has 25 heavy (non-hydrogen) atoms. The first-order valence-corrected chi connectivity index (χ1v) is 11.8. The number of thioether (sulfide) groups is 2. The minimum absolute atomic E-state index is 0.157. The summed E-state index contributed by atoms with van der Waals surface area (Å²) in [6.07, 6.45) is 4.18. The number of rotatable bonds is 5. The summed E-state index contributed by atoms with van der Waals surface area (Å²) in [6.45, 7) is 4.49. The van der Waals surface area contributed by atoms with E-state index in [1.807, 2.05) is 18.2 Å². The lowest BCUT2D eigenvalue weighted by Crippen LogP contribution is -2.44. The molecule has 2 saturated heterocycles. The van der Waals surface area contributed by atoms with Crippen LogP contribution in [-0.4, -0.2) is 52.9 Å². The molecule has 2 fully saturated rings. The number of nitrogens with zero attached hydrogens (tertiary/aromatic N) is 1. The van der Waals surface area contributed by atoms with E-state index in [1.54, 1.807) is 0 Å². The lowest BCUT2D eigenvalue weighted by molar-refractivity contribution is -0.116. The molecule has 0 atom stereocenters. The summed E-state index contributed by atoms with van der Waals surface area (Å²) in [6, 6.07) is 8.80. The van der Waals surface area contributed by atoms with Crippen molar-refractivity contribution in [2.24, 2.45) is 5.92 Å². The number of anilines is 1. The van der Waals surface area contributed by atoms with Gasteiger partial charge < -0.3 is 5.32 Å².